The summed E-state index contributed by atoms with van der Waals surface area (Å²) in [7, 11) is 1.41. The highest BCUT2D eigenvalue weighted by molar-refractivity contribution is 6.31. The molecule has 0 fully saturated rings. The molecule has 5 heteroatoms. The molecule has 2 rings (SSSR count). The second-order valence-corrected chi connectivity index (χ2v) is 4.35. The van der Waals surface area contributed by atoms with E-state index in [-0.39, 0.29) is 11.5 Å². The van der Waals surface area contributed by atoms with E-state index in [2.05, 4.69) is 5.32 Å². The quantitative estimate of drug-likeness (QED) is 0.895. The Morgan fingerprint density at radius 1 is 1.32 bits per heavy atom. The number of halogens is 2. The van der Waals surface area contributed by atoms with Crippen molar-refractivity contribution in [3.05, 3.63) is 52.8 Å². The van der Waals surface area contributed by atoms with E-state index in [9.17, 15) is 9.50 Å². The number of aromatic hydroxyl groups is 1. The molecule has 2 N–H and O–H groups in total. The number of benzene rings is 2. The first kappa shape index (κ1) is 13.5. The maximum absolute atomic E-state index is 13.5. The summed E-state index contributed by atoms with van der Waals surface area (Å²) in [4.78, 5) is 0. The zero-order valence-corrected chi connectivity index (χ0v) is 11.0. The van der Waals surface area contributed by atoms with E-state index >= 15 is 0 Å². The zero-order valence-electron chi connectivity index (χ0n) is 10.3. The molecular weight excluding hydrogens is 269 g/mol. The molecule has 0 heterocycles. The Hall–Kier alpha value is -1.94. The van der Waals surface area contributed by atoms with Crippen LogP contribution >= 0.6 is 11.6 Å². The molecule has 0 amide bonds. The van der Waals surface area contributed by atoms with Gasteiger partial charge < -0.3 is 15.2 Å². The van der Waals surface area contributed by atoms with E-state index in [0.29, 0.717) is 22.8 Å². The van der Waals surface area contributed by atoms with Gasteiger partial charge in [-0.25, -0.2) is 4.39 Å². The van der Waals surface area contributed by atoms with Gasteiger partial charge in [-0.05, 0) is 24.3 Å². The summed E-state index contributed by atoms with van der Waals surface area (Å²) < 4.78 is 18.3. The van der Waals surface area contributed by atoms with Crippen LogP contribution < -0.4 is 10.1 Å². The third kappa shape index (κ3) is 3.09. The summed E-state index contributed by atoms with van der Waals surface area (Å²) in [6.07, 6.45) is 0. The number of hydrogen-bond donors (Lipinski definition) is 2. The van der Waals surface area contributed by atoms with Crippen molar-refractivity contribution in [3.63, 3.8) is 0 Å². The molecular formula is C14H13ClFNO2. The highest BCUT2D eigenvalue weighted by Gasteiger charge is 2.07. The SMILES string of the molecule is COc1ccc(NCc2c(O)cccc2Cl)cc1F. The van der Waals surface area contributed by atoms with Crippen LogP contribution in [-0.2, 0) is 6.54 Å². The van der Waals surface area contributed by atoms with Gasteiger partial charge in [0.15, 0.2) is 11.6 Å². The van der Waals surface area contributed by atoms with Crippen LogP contribution in [-0.4, -0.2) is 12.2 Å². The van der Waals surface area contributed by atoms with Crippen LogP contribution in [0, 0.1) is 5.82 Å². The van der Waals surface area contributed by atoms with Gasteiger partial charge in [0.1, 0.15) is 5.75 Å². The average molecular weight is 282 g/mol. The van der Waals surface area contributed by atoms with Crippen LogP contribution in [0.15, 0.2) is 36.4 Å². The first-order chi connectivity index (χ1) is 9.11. The number of hydrogen-bond acceptors (Lipinski definition) is 3. The minimum atomic E-state index is -0.448. The van der Waals surface area contributed by atoms with Gasteiger partial charge in [0.05, 0.1) is 7.11 Å². The van der Waals surface area contributed by atoms with E-state index in [0.717, 1.165) is 0 Å². The molecule has 19 heavy (non-hydrogen) atoms. The molecule has 0 unspecified atom stereocenters. The fraction of sp³-hybridized carbons (Fsp3) is 0.143. The zero-order chi connectivity index (χ0) is 13.8. The van der Waals surface area contributed by atoms with Crippen molar-refractivity contribution >= 4 is 17.3 Å². The number of anilines is 1. The van der Waals surface area contributed by atoms with Crippen molar-refractivity contribution in [1.29, 1.82) is 0 Å². The molecule has 0 aromatic heterocycles. The maximum Gasteiger partial charge on any atom is 0.167 e. The molecule has 0 aliphatic rings. The van der Waals surface area contributed by atoms with Crippen molar-refractivity contribution in [3.8, 4) is 11.5 Å². The van der Waals surface area contributed by atoms with Gasteiger partial charge in [0, 0.05) is 28.9 Å². The van der Waals surface area contributed by atoms with Gasteiger partial charge >= 0.3 is 0 Å². The van der Waals surface area contributed by atoms with Gasteiger partial charge in [0.25, 0.3) is 0 Å². The largest absolute Gasteiger partial charge is 0.508 e. The monoisotopic (exact) mass is 281 g/mol. The number of phenols is 1. The Labute approximate surface area is 115 Å². The summed E-state index contributed by atoms with van der Waals surface area (Å²) in [6, 6.07) is 9.45. The summed E-state index contributed by atoms with van der Waals surface area (Å²) in [5, 5.41) is 13.1. The average Bonchev–Trinajstić information content (AvgIpc) is 2.38. The van der Waals surface area contributed by atoms with Crippen LogP contribution in [0.25, 0.3) is 0 Å². The van der Waals surface area contributed by atoms with Crippen molar-refractivity contribution in [2.45, 2.75) is 6.54 Å². The molecule has 0 aliphatic heterocycles. The van der Waals surface area contributed by atoms with Crippen LogP contribution in [0.1, 0.15) is 5.56 Å². The first-order valence-corrected chi connectivity index (χ1v) is 6.03. The van der Waals surface area contributed by atoms with Crippen LogP contribution in [0.2, 0.25) is 5.02 Å². The number of phenolic OH excluding ortho intramolecular Hbond substituents is 1. The topological polar surface area (TPSA) is 41.5 Å². The Balaban J connectivity index is 2.13. The van der Waals surface area contributed by atoms with Gasteiger partial charge in [-0.2, -0.15) is 0 Å². The minimum absolute atomic E-state index is 0.106. The van der Waals surface area contributed by atoms with Crippen molar-refractivity contribution in [1.82, 2.24) is 0 Å². The van der Waals surface area contributed by atoms with E-state index in [4.69, 9.17) is 16.3 Å². The Kier molecular flexibility index (Phi) is 4.12. The second-order valence-electron chi connectivity index (χ2n) is 3.94. The van der Waals surface area contributed by atoms with Crippen molar-refractivity contribution in [2.24, 2.45) is 0 Å². The van der Waals surface area contributed by atoms with Gasteiger partial charge in [-0.15, -0.1) is 0 Å². The van der Waals surface area contributed by atoms with Crippen LogP contribution in [0.3, 0.4) is 0 Å². The number of rotatable bonds is 4. The molecule has 0 aliphatic carbocycles. The van der Waals surface area contributed by atoms with Crippen molar-refractivity contribution in [2.75, 3.05) is 12.4 Å². The summed E-state index contributed by atoms with van der Waals surface area (Å²) in [6.45, 7) is 0.303. The number of methoxy groups -OCH3 is 1. The predicted octanol–water partition coefficient (Wildman–Crippen LogP) is 3.81. The minimum Gasteiger partial charge on any atom is -0.508 e. The van der Waals surface area contributed by atoms with Gasteiger partial charge in [-0.1, -0.05) is 17.7 Å². The first-order valence-electron chi connectivity index (χ1n) is 5.65. The fourth-order valence-corrected chi connectivity index (χ4v) is 1.93. The molecule has 2 aromatic carbocycles. The van der Waals surface area contributed by atoms with Gasteiger partial charge in [-0.3, -0.25) is 0 Å². The van der Waals surface area contributed by atoms with Crippen molar-refractivity contribution < 1.29 is 14.2 Å². The lowest BCUT2D eigenvalue weighted by molar-refractivity contribution is 0.386. The molecule has 100 valence electrons. The molecule has 0 bridgehead atoms. The number of nitrogens with one attached hydrogen (secondary N) is 1. The van der Waals surface area contributed by atoms with E-state index in [1.165, 1.54) is 19.2 Å². The predicted molar refractivity (Wildman–Crippen MR) is 73.4 cm³/mol. The normalized spacial score (nSPS) is 10.3. The summed E-state index contributed by atoms with van der Waals surface area (Å²) in [5.41, 5.74) is 1.15. The van der Waals surface area contributed by atoms with Crippen LogP contribution in [0.4, 0.5) is 10.1 Å². The fourth-order valence-electron chi connectivity index (χ4n) is 1.69. The van der Waals surface area contributed by atoms with E-state index < -0.39 is 5.82 Å². The summed E-state index contributed by atoms with van der Waals surface area (Å²) >= 11 is 5.98. The lowest BCUT2D eigenvalue weighted by Crippen LogP contribution is -2.01. The molecule has 0 saturated carbocycles. The molecule has 0 atom stereocenters. The van der Waals surface area contributed by atoms with E-state index in [1.807, 2.05) is 0 Å². The standard InChI is InChI=1S/C14H13ClFNO2/c1-19-14-6-5-9(7-12(14)16)17-8-10-11(15)3-2-4-13(10)18/h2-7,17-18H,8H2,1H3. The Morgan fingerprint density at radius 3 is 2.74 bits per heavy atom. The molecule has 3 nitrogen and oxygen atoms in total. The lowest BCUT2D eigenvalue weighted by atomic mass is 10.2. The Bertz CT molecular complexity index is 569. The highest BCUT2D eigenvalue weighted by Crippen LogP contribution is 2.27. The van der Waals surface area contributed by atoms with Gasteiger partial charge in [0.2, 0.25) is 0 Å². The Morgan fingerprint density at radius 2 is 2.11 bits per heavy atom. The molecule has 0 spiro atoms. The molecule has 0 radical (unpaired) electrons. The highest BCUT2D eigenvalue weighted by atomic mass is 35.5. The van der Waals surface area contributed by atoms with Crippen LogP contribution in [0.5, 0.6) is 11.5 Å². The smallest absolute Gasteiger partial charge is 0.167 e. The lowest BCUT2D eigenvalue weighted by Gasteiger charge is -2.10. The maximum atomic E-state index is 13.5. The third-order valence-corrected chi connectivity index (χ3v) is 3.07. The third-order valence-electron chi connectivity index (χ3n) is 2.72. The van der Waals surface area contributed by atoms with E-state index in [1.54, 1.807) is 24.3 Å². The summed E-state index contributed by atoms with van der Waals surface area (Å²) in [5.74, 6) is -0.156. The second kappa shape index (κ2) is 5.80. The number of ether oxygens (including phenoxy) is 1. The molecule has 2 aromatic rings. The molecule has 0 saturated heterocycles.